The molecule has 1 heterocycles. The number of rotatable bonds is 7. The maximum atomic E-state index is 12.0. The SMILES string of the molecule is CC(=O)Nc1ccc(C=CC(=O)NCCCn2c(C)nc3ccccc32)cc1. The lowest BCUT2D eigenvalue weighted by molar-refractivity contribution is -0.116. The highest BCUT2D eigenvalue weighted by Gasteiger charge is 2.06. The van der Waals surface area contributed by atoms with Crippen LogP contribution in [-0.4, -0.2) is 27.9 Å². The molecule has 2 N–H and O–H groups in total. The summed E-state index contributed by atoms with van der Waals surface area (Å²) in [4.78, 5) is 27.6. The maximum Gasteiger partial charge on any atom is 0.244 e. The minimum atomic E-state index is -0.127. The summed E-state index contributed by atoms with van der Waals surface area (Å²) in [6, 6.07) is 15.4. The zero-order chi connectivity index (χ0) is 19.9. The average Bonchev–Trinajstić information content (AvgIpc) is 2.99. The lowest BCUT2D eigenvalue weighted by Crippen LogP contribution is -2.23. The molecule has 0 spiro atoms. The van der Waals surface area contributed by atoms with Crippen molar-refractivity contribution >= 4 is 34.6 Å². The molecular weight excluding hydrogens is 352 g/mol. The van der Waals surface area contributed by atoms with Gasteiger partial charge in [-0.15, -0.1) is 0 Å². The van der Waals surface area contributed by atoms with Crippen LogP contribution in [0, 0.1) is 6.92 Å². The number of amides is 2. The normalized spacial score (nSPS) is 11.1. The van der Waals surface area contributed by atoms with Crippen molar-refractivity contribution in [2.24, 2.45) is 0 Å². The highest BCUT2D eigenvalue weighted by atomic mass is 16.2. The third kappa shape index (κ3) is 5.07. The van der Waals surface area contributed by atoms with Crippen LogP contribution in [0.2, 0.25) is 0 Å². The van der Waals surface area contributed by atoms with Gasteiger partial charge in [0.1, 0.15) is 5.82 Å². The van der Waals surface area contributed by atoms with Gasteiger partial charge in [-0.25, -0.2) is 4.98 Å². The third-order valence-corrected chi connectivity index (χ3v) is 4.36. The number of imidazole rings is 1. The molecule has 0 atom stereocenters. The second-order valence-electron chi connectivity index (χ2n) is 6.58. The van der Waals surface area contributed by atoms with Crippen molar-refractivity contribution in [3.63, 3.8) is 0 Å². The van der Waals surface area contributed by atoms with Crippen molar-refractivity contribution < 1.29 is 9.59 Å². The van der Waals surface area contributed by atoms with E-state index in [1.54, 1.807) is 18.2 Å². The maximum absolute atomic E-state index is 12.0. The number of carbonyl (C=O) groups excluding carboxylic acids is 2. The molecule has 6 heteroatoms. The van der Waals surface area contributed by atoms with E-state index in [0.717, 1.165) is 41.1 Å². The first-order valence-corrected chi connectivity index (χ1v) is 9.28. The Hall–Kier alpha value is -3.41. The molecule has 0 bridgehead atoms. The number of fused-ring (bicyclic) bond motifs is 1. The number of aromatic nitrogens is 2. The Kier molecular flexibility index (Phi) is 6.22. The van der Waals surface area contributed by atoms with Crippen LogP contribution < -0.4 is 10.6 Å². The van der Waals surface area contributed by atoms with Gasteiger partial charge in [0.25, 0.3) is 0 Å². The summed E-state index contributed by atoms with van der Waals surface area (Å²) in [7, 11) is 0. The fourth-order valence-corrected chi connectivity index (χ4v) is 3.04. The molecule has 0 radical (unpaired) electrons. The summed E-state index contributed by atoms with van der Waals surface area (Å²) in [5.41, 5.74) is 3.74. The van der Waals surface area contributed by atoms with Crippen molar-refractivity contribution in [2.75, 3.05) is 11.9 Å². The van der Waals surface area contributed by atoms with Gasteiger partial charge in [-0.2, -0.15) is 0 Å². The highest BCUT2D eigenvalue weighted by molar-refractivity contribution is 5.92. The Balaban J connectivity index is 1.46. The van der Waals surface area contributed by atoms with Gasteiger partial charge in [-0.05, 0) is 49.2 Å². The van der Waals surface area contributed by atoms with Gasteiger partial charge in [0.05, 0.1) is 11.0 Å². The predicted molar refractivity (Wildman–Crippen MR) is 112 cm³/mol. The predicted octanol–water partition coefficient (Wildman–Crippen LogP) is 3.52. The number of benzene rings is 2. The standard InChI is InChI=1S/C22H24N4O2/c1-16-24-20-6-3-4-7-21(20)26(16)15-5-14-23-22(28)13-10-18-8-11-19(12-9-18)25-17(2)27/h3-4,6-13H,5,14-15H2,1-2H3,(H,23,28)(H,25,27). The zero-order valence-electron chi connectivity index (χ0n) is 16.1. The minimum Gasteiger partial charge on any atom is -0.352 e. The highest BCUT2D eigenvalue weighted by Crippen LogP contribution is 2.15. The van der Waals surface area contributed by atoms with Crippen LogP contribution >= 0.6 is 0 Å². The van der Waals surface area contributed by atoms with E-state index in [9.17, 15) is 9.59 Å². The molecule has 0 unspecified atom stereocenters. The van der Waals surface area contributed by atoms with Crippen LogP contribution in [0.5, 0.6) is 0 Å². The lowest BCUT2D eigenvalue weighted by atomic mass is 10.2. The number of hydrogen-bond acceptors (Lipinski definition) is 3. The quantitative estimate of drug-likeness (QED) is 0.489. The van der Waals surface area contributed by atoms with Crippen LogP contribution in [0.15, 0.2) is 54.6 Å². The van der Waals surface area contributed by atoms with E-state index in [1.807, 2.05) is 37.3 Å². The van der Waals surface area contributed by atoms with E-state index in [-0.39, 0.29) is 11.8 Å². The Morgan fingerprint density at radius 1 is 1.11 bits per heavy atom. The first-order valence-electron chi connectivity index (χ1n) is 9.28. The Morgan fingerprint density at radius 3 is 2.61 bits per heavy atom. The minimum absolute atomic E-state index is 0.110. The van der Waals surface area contributed by atoms with E-state index in [1.165, 1.54) is 13.0 Å². The number of anilines is 1. The molecule has 2 aromatic carbocycles. The molecule has 0 fully saturated rings. The largest absolute Gasteiger partial charge is 0.352 e. The molecule has 0 saturated carbocycles. The second-order valence-corrected chi connectivity index (χ2v) is 6.58. The summed E-state index contributed by atoms with van der Waals surface area (Å²) in [6.45, 7) is 4.87. The fraction of sp³-hybridized carbons (Fsp3) is 0.227. The summed E-state index contributed by atoms with van der Waals surface area (Å²) in [5, 5.41) is 5.61. The summed E-state index contributed by atoms with van der Waals surface area (Å²) in [6.07, 6.45) is 4.10. The molecule has 0 saturated heterocycles. The molecule has 1 aromatic heterocycles. The van der Waals surface area contributed by atoms with Crippen molar-refractivity contribution in [3.8, 4) is 0 Å². The van der Waals surface area contributed by atoms with E-state index in [0.29, 0.717) is 6.54 Å². The number of nitrogens with zero attached hydrogens (tertiary/aromatic N) is 2. The topological polar surface area (TPSA) is 76.0 Å². The lowest BCUT2D eigenvalue weighted by Gasteiger charge is -2.07. The van der Waals surface area contributed by atoms with Crippen LogP contribution in [0.25, 0.3) is 17.1 Å². The number of para-hydroxylation sites is 2. The average molecular weight is 376 g/mol. The molecule has 144 valence electrons. The molecule has 28 heavy (non-hydrogen) atoms. The van der Waals surface area contributed by atoms with Gasteiger partial charge in [-0.1, -0.05) is 24.3 Å². The molecular formula is C22H24N4O2. The number of hydrogen-bond donors (Lipinski definition) is 2. The van der Waals surface area contributed by atoms with Crippen LogP contribution in [-0.2, 0) is 16.1 Å². The van der Waals surface area contributed by atoms with Crippen molar-refractivity contribution in [1.82, 2.24) is 14.9 Å². The van der Waals surface area contributed by atoms with Crippen LogP contribution in [0.3, 0.4) is 0 Å². The zero-order valence-corrected chi connectivity index (χ0v) is 16.1. The van der Waals surface area contributed by atoms with E-state index in [2.05, 4.69) is 26.3 Å². The van der Waals surface area contributed by atoms with Crippen LogP contribution in [0.4, 0.5) is 5.69 Å². The smallest absolute Gasteiger partial charge is 0.244 e. The van der Waals surface area contributed by atoms with Crippen molar-refractivity contribution in [2.45, 2.75) is 26.8 Å². The Morgan fingerprint density at radius 2 is 1.86 bits per heavy atom. The van der Waals surface area contributed by atoms with Crippen molar-refractivity contribution in [1.29, 1.82) is 0 Å². The van der Waals surface area contributed by atoms with E-state index < -0.39 is 0 Å². The van der Waals surface area contributed by atoms with Gasteiger partial charge < -0.3 is 15.2 Å². The molecule has 0 aliphatic rings. The molecule has 2 amide bonds. The molecule has 3 aromatic rings. The molecule has 6 nitrogen and oxygen atoms in total. The van der Waals surface area contributed by atoms with Gasteiger partial charge in [0.15, 0.2) is 0 Å². The van der Waals surface area contributed by atoms with Gasteiger partial charge in [0, 0.05) is 31.8 Å². The Bertz CT molecular complexity index is 1000. The monoisotopic (exact) mass is 376 g/mol. The summed E-state index contributed by atoms with van der Waals surface area (Å²) in [5.74, 6) is 0.745. The van der Waals surface area contributed by atoms with Gasteiger partial charge in [-0.3, -0.25) is 9.59 Å². The molecule has 0 aliphatic heterocycles. The van der Waals surface area contributed by atoms with Crippen LogP contribution in [0.1, 0.15) is 24.7 Å². The Labute approximate surface area is 164 Å². The second kappa shape index (κ2) is 8.99. The van der Waals surface area contributed by atoms with Gasteiger partial charge >= 0.3 is 0 Å². The van der Waals surface area contributed by atoms with Gasteiger partial charge in [0.2, 0.25) is 11.8 Å². The fourth-order valence-electron chi connectivity index (χ4n) is 3.04. The molecule has 3 rings (SSSR count). The summed E-state index contributed by atoms with van der Waals surface area (Å²) < 4.78 is 2.17. The third-order valence-electron chi connectivity index (χ3n) is 4.36. The number of carbonyl (C=O) groups is 2. The van der Waals surface area contributed by atoms with E-state index >= 15 is 0 Å². The molecule has 0 aliphatic carbocycles. The van der Waals surface area contributed by atoms with Crippen molar-refractivity contribution in [3.05, 3.63) is 66.0 Å². The van der Waals surface area contributed by atoms with E-state index in [4.69, 9.17) is 0 Å². The first-order chi connectivity index (χ1) is 13.5. The number of aryl methyl sites for hydroxylation is 2. The number of nitrogens with one attached hydrogen (secondary N) is 2. The summed E-state index contributed by atoms with van der Waals surface area (Å²) >= 11 is 0. The first kappa shape index (κ1) is 19.4.